The zero-order chi connectivity index (χ0) is 24.4. The highest BCUT2D eigenvalue weighted by atomic mass is 32.1. The number of hydrogen-bond donors (Lipinski definition) is 2. The van der Waals surface area contributed by atoms with Gasteiger partial charge in [-0.25, -0.2) is 0 Å². The third kappa shape index (κ3) is 6.82. The summed E-state index contributed by atoms with van der Waals surface area (Å²) in [6, 6.07) is -0.392. The summed E-state index contributed by atoms with van der Waals surface area (Å²) in [4.78, 5) is 28.8. The van der Waals surface area contributed by atoms with E-state index in [1.54, 1.807) is 22.2 Å². The highest BCUT2D eigenvalue weighted by Gasteiger charge is 2.31. The molecule has 0 aliphatic carbocycles. The number of hydrogen-bond acceptors (Lipinski definition) is 6. The van der Waals surface area contributed by atoms with Crippen molar-refractivity contribution in [3.8, 4) is 0 Å². The lowest BCUT2D eigenvalue weighted by Crippen LogP contribution is -2.50. The lowest BCUT2D eigenvalue weighted by molar-refractivity contribution is -0.125. The van der Waals surface area contributed by atoms with Crippen LogP contribution in [0.4, 0.5) is 0 Å². The van der Waals surface area contributed by atoms with Gasteiger partial charge < -0.3 is 20.3 Å². The molecular formula is C25H36N4O3S. The Morgan fingerprint density at radius 2 is 2.00 bits per heavy atom. The first-order valence-electron chi connectivity index (χ1n) is 11.4. The summed E-state index contributed by atoms with van der Waals surface area (Å²) in [6.45, 7) is 14.0. The maximum absolute atomic E-state index is 13.0. The molecule has 33 heavy (non-hydrogen) atoms. The molecule has 0 saturated carbocycles. The zero-order valence-electron chi connectivity index (χ0n) is 20.3. The molecule has 0 fully saturated rings. The molecule has 0 spiro atoms. The number of fused-ring (bicyclic) bond motifs is 9. The molecule has 1 atom stereocenters. The molecule has 4 rings (SSSR count). The van der Waals surface area contributed by atoms with Gasteiger partial charge >= 0.3 is 0 Å². The number of nitrogens with one attached hydrogen (secondary N) is 2. The van der Waals surface area contributed by atoms with Gasteiger partial charge in [-0.2, -0.15) is 0 Å². The van der Waals surface area contributed by atoms with Crippen LogP contribution in [0.15, 0.2) is 58.9 Å². The Labute approximate surface area is 201 Å². The van der Waals surface area contributed by atoms with E-state index in [0.717, 1.165) is 22.0 Å². The minimum Gasteiger partial charge on any atom is -0.497 e. The number of likely N-dealkylation sites (N-methyl/N-ethyl adjacent to an activating group) is 1. The van der Waals surface area contributed by atoms with Crippen molar-refractivity contribution < 1.29 is 9.53 Å². The Morgan fingerprint density at radius 1 is 1.24 bits per heavy atom. The van der Waals surface area contributed by atoms with E-state index in [2.05, 4.69) is 17.2 Å². The fraction of sp³-hybridized carbons (Fsp3) is 0.440. The Bertz CT molecular complexity index is 1010. The second kappa shape index (κ2) is 13.0. The maximum atomic E-state index is 13.0. The summed E-state index contributed by atoms with van der Waals surface area (Å²) in [5, 5.41) is 6.32. The summed E-state index contributed by atoms with van der Waals surface area (Å²) in [7, 11) is 1.91. The van der Waals surface area contributed by atoms with E-state index in [4.69, 9.17) is 4.74 Å². The van der Waals surface area contributed by atoms with E-state index < -0.39 is 6.04 Å². The molecular weight excluding hydrogens is 436 g/mol. The second-order valence-electron chi connectivity index (χ2n) is 7.48. The van der Waals surface area contributed by atoms with Crippen molar-refractivity contribution in [2.75, 3.05) is 26.7 Å². The molecule has 8 heteroatoms. The summed E-state index contributed by atoms with van der Waals surface area (Å²) in [5.74, 6) is 0.710. The van der Waals surface area contributed by atoms with Crippen LogP contribution in [0.2, 0.25) is 0 Å². The van der Waals surface area contributed by atoms with Gasteiger partial charge in [-0.05, 0) is 32.1 Å². The first-order chi connectivity index (χ1) is 15.9. The van der Waals surface area contributed by atoms with Gasteiger partial charge in [-0.3, -0.25) is 13.5 Å². The Kier molecular flexibility index (Phi) is 10.4. The van der Waals surface area contributed by atoms with Gasteiger partial charge in [0, 0.05) is 43.7 Å². The molecule has 0 aromatic carbocycles. The molecule has 4 heterocycles. The summed E-state index contributed by atoms with van der Waals surface area (Å²) < 4.78 is 7.45. The number of rotatable bonds is 2. The van der Waals surface area contributed by atoms with Crippen molar-refractivity contribution in [3.63, 3.8) is 0 Å². The second-order valence-corrected chi connectivity index (χ2v) is 8.60. The molecule has 0 saturated heterocycles. The molecule has 3 aliphatic rings. The molecule has 4 bridgehead atoms. The fourth-order valence-electron chi connectivity index (χ4n) is 3.49. The van der Waals surface area contributed by atoms with Gasteiger partial charge in [0.2, 0.25) is 5.91 Å². The summed E-state index contributed by atoms with van der Waals surface area (Å²) >= 11 is 1.42. The molecule has 2 N–H and O–H groups in total. The quantitative estimate of drug-likeness (QED) is 0.645. The average molecular weight is 473 g/mol. The third-order valence-corrected chi connectivity index (χ3v) is 6.57. The SMILES string of the molecule is C=C/C=C\c1c2sn(c1=O)CCNCCO/C(C)=C/C=C\C1=C(C)N(C)C(C2)C(=O)N1.CC. The Morgan fingerprint density at radius 3 is 2.73 bits per heavy atom. The molecule has 0 radical (unpaired) electrons. The number of amides is 1. The minimum atomic E-state index is -0.392. The highest BCUT2D eigenvalue weighted by molar-refractivity contribution is 7.06. The van der Waals surface area contributed by atoms with Gasteiger partial charge in [0.05, 0.1) is 17.0 Å². The molecule has 7 nitrogen and oxygen atoms in total. The third-order valence-electron chi connectivity index (χ3n) is 5.40. The average Bonchev–Trinajstić information content (AvgIpc) is 3.10. The number of carbonyl (C=O) groups excluding carboxylic acids is 1. The first-order valence-corrected chi connectivity index (χ1v) is 12.1. The van der Waals surface area contributed by atoms with Crippen molar-refractivity contribution in [3.05, 3.63) is 74.9 Å². The van der Waals surface area contributed by atoms with Crippen LogP contribution < -0.4 is 16.2 Å². The molecule has 3 aliphatic heterocycles. The summed E-state index contributed by atoms with van der Waals surface area (Å²) in [5.41, 5.74) is 2.31. The highest BCUT2D eigenvalue weighted by Crippen LogP contribution is 2.24. The van der Waals surface area contributed by atoms with Crippen molar-refractivity contribution in [1.82, 2.24) is 19.5 Å². The fourth-order valence-corrected chi connectivity index (χ4v) is 4.61. The molecule has 1 aromatic heterocycles. The van der Waals surface area contributed by atoms with Crippen molar-refractivity contribution in [1.29, 1.82) is 0 Å². The number of ether oxygens (including phenoxy) is 1. The van der Waals surface area contributed by atoms with Crippen LogP contribution in [0.25, 0.3) is 6.08 Å². The molecule has 180 valence electrons. The minimum absolute atomic E-state index is 0.0393. The zero-order valence-corrected chi connectivity index (χ0v) is 21.1. The van der Waals surface area contributed by atoms with Crippen LogP contribution in [0.5, 0.6) is 0 Å². The normalized spacial score (nSPS) is 22.3. The van der Waals surface area contributed by atoms with Crippen molar-refractivity contribution >= 4 is 23.5 Å². The maximum Gasteiger partial charge on any atom is 0.268 e. The standard InChI is InChI=1S/C23H30N4O3S.C2H6/c1-5-6-9-18-21-15-20-22(28)25-19(17(3)26(20)4)10-7-8-16(2)30-14-12-24-11-13-27(31-21)23(18)29;1-2/h5-10,20,24H,1,11-15H2,2-4H3,(H,25,28);1-2H3/b9-6-,10-7-,16-8+;. The van der Waals surface area contributed by atoms with Crippen LogP contribution in [0.3, 0.4) is 0 Å². The Balaban J connectivity index is 0.00000187. The number of aromatic nitrogens is 1. The van der Waals surface area contributed by atoms with E-state index in [1.165, 1.54) is 11.5 Å². The van der Waals surface area contributed by atoms with E-state index >= 15 is 0 Å². The van der Waals surface area contributed by atoms with Crippen LogP contribution in [-0.2, 0) is 22.5 Å². The van der Waals surface area contributed by atoms with Crippen LogP contribution in [0.1, 0.15) is 38.1 Å². The van der Waals surface area contributed by atoms with Gasteiger partial charge in [-0.15, -0.1) is 0 Å². The Hall–Kier alpha value is -2.84. The smallest absolute Gasteiger partial charge is 0.268 e. The van der Waals surface area contributed by atoms with E-state index in [0.29, 0.717) is 38.2 Å². The summed E-state index contributed by atoms with van der Waals surface area (Å²) in [6.07, 6.45) is 11.3. The van der Waals surface area contributed by atoms with Crippen LogP contribution in [0, 0.1) is 0 Å². The lowest BCUT2D eigenvalue weighted by Gasteiger charge is -2.35. The van der Waals surface area contributed by atoms with E-state index in [9.17, 15) is 9.59 Å². The van der Waals surface area contributed by atoms with Crippen molar-refractivity contribution in [2.45, 2.75) is 46.7 Å². The van der Waals surface area contributed by atoms with Gasteiger partial charge in [0.15, 0.2) is 0 Å². The monoisotopic (exact) mass is 472 g/mol. The van der Waals surface area contributed by atoms with Crippen LogP contribution >= 0.6 is 11.5 Å². The first kappa shape index (κ1) is 26.4. The van der Waals surface area contributed by atoms with E-state index in [1.807, 2.05) is 57.9 Å². The van der Waals surface area contributed by atoms with E-state index in [-0.39, 0.29) is 11.5 Å². The van der Waals surface area contributed by atoms with Gasteiger partial charge in [-0.1, -0.05) is 50.2 Å². The number of nitrogens with zero attached hydrogens (tertiary/aromatic N) is 2. The van der Waals surface area contributed by atoms with Crippen molar-refractivity contribution in [2.24, 2.45) is 0 Å². The van der Waals surface area contributed by atoms with Gasteiger partial charge in [0.1, 0.15) is 12.6 Å². The topological polar surface area (TPSA) is 75.6 Å². The lowest BCUT2D eigenvalue weighted by atomic mass is 10.0. The number of carbonyl (C=O) groups is 1. The molecule has 1 amide bonds. The molecule has 1 aromatic rings. The largest absolute Gasteiger partial charge is 0.497 e. The predicted molar refractivity (Wildman–Crippen MR) is 137 cm³/mol. The van der Waals surface area contributed by atoms with Gasteiger partial charge in [0.25, 0.3) is 5.56 Å². The number of allylic oxidation sites excluding steroid dienone is 7. The van der Waals surface area contributed by atoms with Crippen LogP contribution in [-0.4, -0.2) is 47.5 Å². The predicted octanol–water partition coefficient (Wildman–Crippen LogP) is 3.42. The molecule has 1 unspecified atom stereocenters.